The first-order chi connectivity index (χ1) is 7.02. The highest BCUT2D eigenvalue weighted by Crippen LogP contribution is 2.30. The van der Waals surface area contributed by atoms with Crippen molar-refractivity contribution in [3.8, 4) is 0 Å². The molecule has 1 atom stereocenters. The van der Waals surface area contributed by atoms with Gasteiger partial charge in [-0.25, -0.2) is 0 Å². The number of hydrogen-bond acceptors (Lipinski definition) is 1. The van der Waals surface area contributed by atoms with Crippen LogP contribution in [0.3, 0.4) is 0 Å². The van der Waals surface area contributed by atoms with E-state index in [4.69, 9.17) is 28.9 Å². The minimum Gasteiger partial charge on any atom is -0.324 e. The van der Waals surface area contributed by atoms with Crippen molar-refractivity contribution in [3.63, 3.8) is 0 Å². The lowest BCUT2D eigenvalue weighted by Gasteiger charge is -2.14. The molecule has 0 radical (unpaired) electrons. The first-order valence-corrected chi connectivity index (χ1v) is 5.62. The third kappa shape index (κ3) is 3.53. The van der Waals surface area contributed by atoms with Gasteiger partial charge in [0.25, 0.3) is 0 Å². The van der Waals surface area contributed by atoms with Crippen LogP contribution in [0.1, 0.15) is 31.4 Å². The molecular formula is C12H15Cl2N. The third-order valence-electron chi connectivity index (χ3n) is 2.26. The van der Waals surface area contributed by atoms with E-state index in [0.717, 1.165) is 24.0 Å². The maximum Gasteiger partial charge on any atom is 0.0640 e. The van der Waals surface area contributed by atoms with E-state index >= 15 is 0 Å². The molecular weight excluding hydrogens is 229 g/mol. The molecule has 0 heterocycles. The number of rotatable bonds is 4. The Morgan fingerprint density at radius 3 is 2.73 bits per heavy atom. The molecule has 0 spiro atoms. The topological polar surface area (TPSA) is 26.0 Å². The average molecular weight is 244 g/mol. The van der Waals surface area contributed by atoms with Crippen LogP contribution in [-0.2, 0) is 0 Å². The number of hydrogen-bond donors (Lipinski definition) is 1. The molecule has 0 amide bonds. The SMILES string of the molecule is C=C(C)CCC(N)c1cccc(Cl)c1Cl. The Bertz CT molecular complexity index is 361. The quantitative estimate of drug-likeness (QED) is 0.783. The minimum absolute atomic E-state index is 0.0760. The molecule has 1 nitrogen and oxygen atoms in total. The predicted molar refractivity (Wildman–Crippen MR) is 67.4 cm³/mol. The molecule has 0 fully saturated rings. The zero-order chi connectivity index (χ0) is 11.4. The number of halogens is 2. The van der Waals surface area contributed by atoms with Crippen LogP contribution >= 0.6 is 23.2 Å². The molecule has 3 heteroatoms. The highest BCUT2D eigenvalue weighted by Gasteiger charge is 2.11. The van der Waals surface area contributed by atoms with Crippen molar-refractivity contribution in [1.29, 1.82) is 0 Å². The van der Waals surface area contributed by atoms with Gasteiger partial charge in [-0.1, -0.05) is 40.9 Å². The standard InChI is InChI=1S/C12H15Cl2N/c1-8(2)6-7-11(15)9-4-3-5-10(13)12(9)14/h3-5,11H,1,6-7,15H2,2H3. The van der Waals surface area contributed by atoms with Gasteiger partial charge >= 0.3 is 0 Å². The van der Waals surface area contributed by atoms with E-state index in [-0.39, 0.29) is 6.04 Å². The van der Waals surface area contributed by atoms with Crippen LogP contribution in [-0.4, -0.2) is 0 Å². The van der Waals surface area contributed by atoms with Crippen molar-refractivity contribution >= 4 is 23.2 Å². The normalized spacial score (nSPS) is 12.5. The highest BCUT2D eigenvalue weighted by molar-refractivity contribution is 6.42. The zero-order valence-electron chi connectivity index (χ0n) is 8.76. The summed E-state index contributed by atoms with van der Waals surface area (Å²) in [4.78, 5) is 0. The summed E-state index contributed by atoms with van der Waals surface area (Å²) < 4.78 is 0. The van der Waals surface area contributed by atoms with Gasteiger partial charge in [0.2, 0.25) is 0 Å². The van der Waals surface area contributed by atoms with E-state index in [1.807, 2.05) is 19.1 Å². The third-order valence-corrected chi connectivity index (χ3v) is 3.10. The van der Waals surface area contributed by atoms with Crippen molar-refractivity contribution in [2.75, 3.05) is 0 Å². The van der Waals surface area contributed by atoms with Crippen LogP contribution in [0.15, 0.2) is 30.4 Å². The second-order valence-corrected chi connectivity index (χ2v) is 4.53. The van der Waals surface area contributed by atoms with Crippen molar-refractivity contribution in [1.82, 2.24) is 0 Å². The molecule has 0 aliphatic heterocycles. The minimum atomic E-state index is -0.0760. The molecule has 0 aromatic heterocycles. The molecule has 2 N–H and O–H groups in total. The molecule has 15 heavy (non-hydrogen) atoms. The summed E-state index contributed by atoms with van der Waals surface area (Å²) in [6.07, 6.45) is 1.75. The molecule has 0 saturated carbocycles. The molecule has 0 saturated heterocycles. The van der Waals surface area contributed by atoms with E-state index in [0.29, 0.717) is 10.0 Å². The van der Waals surface area contributed by atoms with Crippen LogP contribution in [0.25, 0.3) is 0 Å². The van der Waals surface area contributed by atoms with E-state index in [9.17, 15) is 0 Å². The average Bonchev–Trinajstić information content (AvgIpc) is 2.18. The van der Waals surface area contributed by atoms with E-state index in [2.05, 4.69) is 6.58 Å². The molecule has 0 aliphatic carbocycles. The van der Waals surface area contributed by atoms with Gasteiger partial charge in [-0.05, 0) is 31.4 Å². The fraction of sp³-hybridized carbons (Fsp3) is 0.333. The summed E-state index contributed by atoms with van der Waals surface area (Å²) in [7, 11) is 0. The lowest BCUT2D eigenvalue weighted by molar-refractivity contribution is 0.649. The Morgan fingerprint density at radius 2 is 2.13 bits per heavy atom. The molecule has 1 aromatic rings. The number of benzene rings is 1. The molecule has 1 rings (SSSR count). The zero-order valence-corrected chi connectivity index (χ0v) is 10.3. The summed E-state index contributed by atoms with van der Waals surface area (Å²) in [6, 6.07) is 5.47. The fourth-order valence-electron chi connectivity index (χ4n) is 1.36. The summed E-state index contributed by atoms with van der Waals surface area (Å²) in [5, 5.41) is 1.12. The smallest absolute Gasteiger partial charge is 0.0640 e. The molecule has 0 bridgehead atoms. The van der Waals surface area contributed by atoms with Crippen LogP contribution in [0.4, 0.5) is 0 Å². The van der Waals surface area contributed by atoms with Crippen LogP contribution in [0.2, 0.25) is 10.0 Å². The molecule has 0 aliphatic rings. The number of allylic oxidation sites excluding steroid dienone is 1. The lowest BCUT2D eigenvalue weighted by atomic mass is 10.0. The van der Waals surface area contributed by atoms with Gasteiger partial charge in [0.1, 0.15) is 0 Å². The van der Waals surface area contributed by atoms with Crippen LogP contribution in [0.5, 0.6) is 0 Å². The van der Waals surface area contributed by atoms with Gasteiger partial charge in [0.05, 0.1) is 10.0 Å². The monoisotopic (exact) mass is 243 g/mol. The summed E-state index contributed by atoms with van der Waals surface area (Å²) >= 11 is 12.0. The van der Waals surface area contributed by atoms with Gasteiger partial charge in [0, 0.05) is 6.04 Å². The van der Waals surface area contributed by atoms with E-state index < -0.39 is 0 Å². The Labute approximate surface area is 101 Å². The molecule has 1 aromatic carbocycles. The second kappa shape index (κ2) is 5.55. The van der Waals surface area contributed by atoms with Gasteiger partial charge in [0.15, 0.2) is 0 Å². The van der Waals surface area contributed by atoms with Crippen LogP contribution in [0, 0.1) is 0 Å². The first-order valence-electron chi connectivity index (χ1n) is 4.86. The Morgan fingerprint density at radius 1 is 1.47 bits per heavy atom. The maximum absolute atomic E-state index is 6.07. The Balaban J connectivity index is 2.77. The highest BCUT2D eigenvalue weighted by atomic mass is 35.5. The second-order valence-electron chi connectivity index (χ2n) is 3.75. The number of nitrogens with two attached hydrogens (primary N) is 1. The van der Waals surface area contributed by atoms with Gasteiger partial charge in [-0.3, -0.25) is 0 Å². The van der Waals surface area contributed by atoms with Crippen molar-refractivity contribution in [3.05, 3.63) is 46.0 Å². The maximum atomic E-state index is 6.07. The van der Waals surface area contributed by atoms with Gasteiger partial charge in [-0.15, -0.1) is 6.58 Å². The largest absolute Gasteiger partial charge is 0.324 e. The summed E-state index contributed by atoms with van der Waals surface area (Å²) in [6.45, 7) is 5.84. The Kier molecular flexibility index (Phi) is 4.65. The molecule has 1 unspecified atom stereocenters. The van der Waals surface area contributed by atoms with Gasteiger partial charge < -0.3 is 5.73 Å². The van der Waals surface area contributed by atoms with Crippen LogP contribution < -0.4 is 5.73 Å². The lowest BCUT2D eigenvalue weighted by Crippen LogP contribution is -2.10. The van der Waals surface area contributed by atoms with Crippen molar-refractivity contribution in [2.24, 2.45) is 5.73 Å². The van der Waals surface area contributed by atoms with E-state index in [1.54, 1.807) is 6.07 Å². The first kappa shape index (κ1) is 12.6. The summed E-state index contributed by atoms with van der Waals surface area (Å²) in [5.74, 6) is 0. The van der Waals surface area contributed by atoms with E-state index in [1.165, 1.54) is 0 Å². The van der Waals surface area contributed by atoms with Crippen molar-refractivity contribution < 1.29 is 0 Å². The fourth-order valence-corrected chi connectivity index (χ4v) is 1.81. The molecule has 82 valence electrons. The van der Waals surface area contributed by atoms with Gasteiger partial charge in [-0.2, -0.15) is 0 Å². The Hall–Kier alpha value is -0.500. The van der Waals surface area contributed by atoms with Crippen molar-refractivity contribution in [2.45, 2.75) is 25.8 Å². The summed E-state index contributed by atoms with van der Waals surface area (Å²) in [5.41, 5.74) is 8.06. The predicted octanol–water partition coefficient (Wildman–Crippen LogP) is 4.35.